The van der Waals surface area contributed by atoms with Gasteiger partial charge in [0.15, 0.2) is 10.1 Å². The molecule has 0 saturated carbocycles. The third-order valence-electron chi connectivity index (χ3n) is 3.73. The Kier molecular flexibility index (Phi) is 4.40. The minimum atomic E-state index is -1.01. The van der Waals surface area contributed by atoms with E-state index in [1.54, 1.807) is 40.6 Å². The normalized spacial score (nSPS) is 28.9. The minimum absolute atomic E-state index is 0.499. The molecule has 2 unspecified atom stereocenters. The van der Waals surface area contributed by atoms with Gasteiger partial charge in [0.05, 0.1) is 25.3 Å². The molecular formula is C14H18Cl2O4. The smallest absolute Gasteiger partial charge is 0.171 e. The zero-order chi connectivity index (χ0) is 15.0. The molecule has 0 amide bonds. The van der Waals surface area contributed by atoms with Crippen molar-refractivity contribution in [3.63, 3.8) is 0 Å². The lowest BCUT2D eigenvalue weighted by Gasteiger charge is -2.41. The predicted molar refractivity (Wildman–Crippen MR) is 77.9 cm³/mol. The molecule has 0 saturated heterocycles. The van der Waals surface area contributed by atoms with Gasteiger partial charge in [0, 0.05) is 14.2 Å². The van der Waals surface area contributed by atoms with Gasteiger partial charge in [-0.2, -0.15) is 0 Å². The standard InChI is InChI=1S/C14H18Cl2O4/c1-17-9-5-6-10(18-2)12-11(9)13(15,19-3)7-8-14(12,16)20-4/h5-6H,7-8H2,1-4H3. The number of methoxy groups -OCH3 is 4. The second kappa shape index (κ2) is 5.60. The molecule has 0 bridgehead atoms. The number of alkyl halides is 2. The van der Waals surface area contributed by atoms with Gasteiger partial charge in [-0.05, 0) is 25.0 Å². The Bertz CT molecular complexity index is 463. The fourth-order valence-electron chi connectivity index (χ4n) is 2.63. The molecule has 0 fully saturated rings. The highest BCUT2D eigenvalue weighted by molar-refractivity contribution is 6.26. The summed E-state index contributed by atoms with van der Waals surface area (Å²) in [5, 5.41) is -2.02. The zero-order valence-corrected chi connectivity index (χ0v) is 13.5. The van der Waals surface area contributed by atoms with E-state index in [1.165, 1.54) is 0 Å². The van der Waals surface area contributed by atoms with E-state index in [4.69, 9.17) is 42.1 Å². The summed E-state index contributed by atoms with van der Waals surface area (Å²) in [5.74, 6) is 1.19. The van der Waals surface area contributed by atoms with Crippen LogP contribution in [0.3, 0.4) is 0 Å². The van der Waals surface area contributed by atoms with Gasteiger partial charge in [-0.15, -0.1) is 0 Å². The number of fused-ring (bicyclic) bond motifs is 1. The van der Waals surface area contributed by atoms with Crippen molar-refractivity contribution >= 4 is 23.2 Å². The Morgan fingerprint density at radius 3 is 1.40 bits per heavy atom. The molecule has 0 N–H and O–H groups in total. The van der Waals surface area contributed by atoms with Crippen LogP contribution in [0.1, 0.15) is 24.0 Å². The summed E-state index contributed by atoms with van der Waals surface area (Å²) < 4.78 is 21.8. The molecule has 112 valence electrons. The molecule has 6 heteroatoms. The van der Waals surface area contributed by atoms with Gasteiger partial charge >= 0.3 is 0 Å². The van der Waals surface area contributed by atoms with Crippen molar-refractivity contribution in [2.45, 2.75) is 23.0 Å². The van der Waals surface area contributed by atoms with Gasteiger partial charge in [0.25, 0.3) is 0 Å². The van der Waals surface area contributed by atoms with Gasteiger partial charge in [-0.1, -0.05) is 23.2 Å². The molecule has 1 aliphatic carbocycles. The largest absolute Gasteiger partial charge is 0.496 e. The molecule has 0 aromatic heterocycles. The van der Waals surface area contributed by atoms with Crippen LogP contribution in [-0.4, -0.2) is 28.4 Å². The summed E-state index contributed by atoms with van der Waals surface area (Å²) in [6, 6.07) is 3.57. The van der Waals surface area contributed by atoms with Gasteiger partial charge in [-0.3, -0.25) is 0 Å². The van der Waals surface area contributed by atoms with Crippen molar-refractivity contribution in [2.75, 3.05) is 28.4 Å². The highest BCUT2D eigenvalue weighted by atomic mass is 35.5. The topological polar surface area (TPSA) is 36.9 Å². The highest BCUT2D eigenvalue weighted by Crippen LogP contribution is 2.56. The number of halogens is 2. The lowest BCUT2D eigenvalue weighted by Crippen LogP contribution is -2.37. The van der Waals surface area contributed by atoms with E-state index in [1.807, 2.05) is 0 Å². The maximum atomic E-state index is 6.62. The van der Waals surface area contributed by atoms with Crippen LogP contribution in [0, 0.1) is 0 Å². The fourth-order valence-corrected chi connectivity index (χ4v) is 3.19. The first kappa shape index (κ1) is 15.7. The zero-order valence-electron chi connectivity index (χ0n) is 12.0. The van der Waals surface area contributed by atoms with Crippen LogP contribution in [0.2, 0.25) is 0 Å². The fraction of sp³-hybridized carbons (Fsp3) is 0.571. The van der Waals surface area contributed by atoms with E-state index >= 15 is 0 Å². The molecule has 4 nitrogen and oxygen atoms in total. The van der Waals surface area contributed by atoms with E-state index in [0.29, 0.717) is 35.5 Å². The van der Waals surface area contributed by atoms with Gasteiger partial charge in [0.1, 0.15) is 11.5 Å². The molecule has 0 aliphatic heterocycles. The van der Waals surface area contributed by atoms with Crippen molar-refractivity contribution in [1.82, 2.24) is 0 Å². The van der Waals surface area contributed by atoms with E-state index in [9.17, 15) is 0 Å². The maximum absolute atomic E-state index is 6.62. The summed E-state index contributed by atoms with van der Waals surface area (Å²) in [6.07, 6.45) is 0.998. The van der Waals surface area contributed by atoms with Crippen molar-refractivity contribution in [3.8, 4) is 11.5 Å². The number of hydrogen-bond donors (Lipinski definition) is 0. The van der Waals surface area contributed by atoms with Crippen LogP contribution < -0.4 is 9.47 Å². The number of ether oxygens (including phenoxy) is 4. The minimum Gasteiger partial charge on any atom is -0.496 e. The summed E-state index contributed by atoms with van der Waals surface area (Å²) in [7, 11) is 6.27. The van der Waals surface area contributed by atoms with Crippen LogP contribution >= 0.6 is 23.2 Å². The monoisotopic (exact) mass is 320 g/mol. The molecule has 1 aromatic carbocycles. The Balaban J connectivity index is 2.80. The molecular weight excluding hydrogens is 303 g/mol. The number of benzene rings is 1. The van der Waals surface area contributed by atoms with Crippen LogP contribution in [0.15, 0.2) is 12.1 Å². The average Bonchev–Trinajstić information content (AvgIpc) is 2.50. The molecule has 20 heavy (non-hydrogen) atoms. The number of hydrogen-bond acceptors (Lipinski definition) is 4. The molecule has 1 aliphatic rings. The number of rotatable bonds is 4. The van der Waals surface area contributed by atoms with Crippen molar-refractivity contribution in [3.05, 3.63) is 23.3 Å². The van der Waals surface area contributed by atoms with Crippen LogP contribution in [0.25, 0.3) is 0 Å². The lowest BCUT2D eigenvalue weighted by molar-refractivity contribution is -0.0149. The SMILES string of the molecule is COc1ccc(OC)c2c1C(Cl)(OC)CCC2(Cl)OC. The summed E-state index contributed by atoms with van der Waals surface area (Å²) in [5.41, 5.74) is 1.32. The lowest BCUT2D eigenvalue weighted by atomic mass is 9.84. The van der Waals surface area contributed by atoms with Gasteiger partial charge < -0.3 is 18.9 Å². The Morgan fingerprint density at radius 1 is 0.800 bits per heavy atom. The van der Waals surface area contributed by atoms with E-state index in [-0.39, 0.29) is 0 Å². The third kappa shape index (κ3) is 2.25. The Hall–Kier alpha value is -0.680. The summed E-state index contributed by atoms with van der Waals surface area (Å²) >= 11 is 13.2. The second-order valence-corrected chi connectivity index (χ2v) is 5.81. The van der Waals surface area contributed by atoms with Gasteiger partial charge in [0.2, 0.25) is 0 Å². The van der Waals surface area contributed by atoms with Gasteiger partial charge in [-0.25, -0.2) is 0 Å². The molecule has 0 radical (unpaired) electrons. The van der Waals surface area contributed by atoms with Crippen molar-refractivity contribution in [1.29, 1.82) is 0 Å². The Morgan fingerprint density at radius 2 is 1.15 bits per heavy atom. The molecule has 0 heterocycles. The van der Waals surface area contributed by atoms with Crippen molar-refractivity contribution in [2.24, 2.45) is 0 Å². The third-order valence-corrected chi connectivity index (χ3v) is 4.80. The molecule has 0 spiro atoms. The van der Waals surface area contributed by atoms with E-state index in [2.05, 4.69) is 0 Å². The molecule has 1 aromatic rings. The molecule has 2 atom stereocenters. The average molecular weight is 321 g/mol. The Labute approximate surface area is 128 Å². The first-order valence-electron chi connectivity index (χ1n) is 6.20. The van der Waals surface area contributed by atoms with Crippen LogP contribution in [0.4, 0.5) is 0 Å². The second-order valence-electron chi connectivity index (χ2n) is 4.59. The first-order valence-corrected chi connectivity index (χ1v) is 6.95. The van der Waals surface area contributed by atoms with Crippen molar-refractivity contribution < 1.29 is 18.9 Å². The highest BCUT2D eigenvalue weighted by Gasteiger charge is 2.49. The molecule has 2 rings (SSSR count). The summed E-state index contributed by atoms with van der Waals surface area (Å²) in [6.45, 7) is 0. The van der Waals surface area contributed by atoms with Crippen LogP contribution in [-0.2, 0) is 19.6 Å². The quantitative estimate of drug-likeness (QED) is 0.795. The van der Waals surface area contributed by atoms with E-state index in [0.717, 1.165) is 0 Å². The first-order chi connectivity index (χ1) is 9.45. The predicted octanol–water partition coefficient (Wildman–Crippen LogP) is 3.57. The van der Waals surface area contributed by atoms with E-state index < -0.39 is 10.1 Å². The summed E-state index contributed by atoms with van der Waals surface area (Å²) in [4.78, 5) is 0. The van der Waals surface area contributed by atoms with Crippen LogP contribution in [0.5, 0.6) is 11.5 Å². The maximum Gasteiger partial charge on any atom is 0.171 e.